The molecule has 6 atom stereocenters. The van der Waals surface area contributed by atoms with Crippen molar-refractivity contribution < 1.29 is 30.3 Å². The highest BCUT2D eigenvalue weighted by Gasteiger charge is 2.43. The molecule has 1 saturated heterocycles. The third kappa shape index (κ3) is 3.11. The molecule has 1 heterocycles. The molecule has 0 saturated carbocycles. The fraction of sp³-hybridized carbons (Fsp3) is 0.538. The predicted molar refractivity (Wildman–Crippen MR) is 64.9 cm³/mol. The van der Waals surface area contributed by atoms with E-state index in [1.54, 1.807) is 24.3 Å². The maximum Gasteiger partial charge on any atom is 0.183 e. The van der Waals surface area contributed by atoms with Gasteiger partial charge < -0.3 is 30.3 Å². The van der Waals surface area contributed by atoms with Gasteiger partial charge in [-0.05, 0) is 5.56 Å². The minimum atomic E-state index is -1.58. The van der Waals surface area contributed by atoms with Crippen LogP contribution in [0.25, 0.3) is 0 Å². The van der Waals surface area contributed by atoms with Crippen molar-refractivity contribution in [2.75, 3.05) is 0 Å². The molecule has 1 aliphatic heterocycles. The second-order valence-electron chi connectivity index (χ2n) is 4.70. The molecule has 1 aliphatic rings. The molecule has 0 spiro atoms. The Morgan fingerprint density at radius 1 is 0.947 bits per heavy atom. The van der Waals surface area contributed by atoms with E-state index in [1.165, 1.54) is 0 Å². The molecule has 0 amide bonds. The number of ether oxygens (including phenoxy) is 1. The molecule has 1 unspecified atom stereocenters. The number of hydrogen-bond acceptors (Lipinski definition) is 6. The maximum absolute atomic E-state index is 10.0. The van der Waals surface area contributed by atoms with Gasteiger partial charge in [0, 0.05) is 6.42 Å². The van der Waals surface area contributed by atoms with E-state index in [1.807, 2.05) is 6.07 Å². The SMILES string of the molecule is OC(C[C@H]1O[C@H](O)[C@@H](O)[C@H](O)[C@@H]1O)c1ccccc1. The molecule has 1 fully saturated rings. The van der Waals surface area contributed by atoms with E-state index in [-0.39, 0.29) is 6.42 Å². The predicted octanol–water partition coefficient (Wildman–Crippen LogP) is -1.09. The zero-order valence-corrected chi connectivity index (χ0v) is 10.2. The summed E-state index contributed by atoms with van der Waals surface area (Å²) in [6.07, 6.45) is -7.84. The Kier molecular flexibility index (Phi) is 4.51. The van der Waals surface area contributed by atoms with Crippen LogP contribution in [0.5, 0.6) is 0 Å². The normalized spacial score (nSPS) is 37.0. The summed E-state index contributed by atoms with van der Waals surface area (Å²) in [4.78, 5) is 0. The number of aliphatic hydroxyl groups excluding tert-OH is 5. The topological polar surface area (TPSA) is 110 Å². The fourth-order valence-electron chi connectivity index (χ4n) is 2.16. The summed E-state index contributed by atoms with van der Waals surface area (Å²) >= 11 is 0. The van der Waals surface area contributed by atoms with Crippen LogP contribution in [0.4, 0.5) is 0 Å². The van der Waals surface area contributed by atoms with E-state index in [2.05, 4.69) is 0 Å². The average Bonchev–Trinajstić information content (AvgIpc) is 2.43. The Labute approximate surface area is 110 Å². The summed E-state index contributed by atoms with van der Waals surface area (Å²) in [6, 6.07) is 8.80. The second-order valence-corrected chi connectivity index (χ2v) is 4.70. The van der Waals surface area contributed by atoms with Crippen LogP contribution < -0.4 is 0 Å². The number of aliphatic hydroxyl groups is 5. The molecule has 2 rings (SSSR count). The van der Waals surface area contributed by atoms with Gasteiger partial charge >= 0.3 is 0 Å². The zero-order chi connectivity index (χ0) is 14.0. The van der Waals surface area contributed by atoms with E-state index >= 15 is 0 Å². The smallest absolute Gasteiger partial charge is 0.183 e. The van der Waals surface area contributed by atoms with Gasteiger partial charge in [0.25, 0.3) is 0 Å². The lowest BCUT2D eigenvalue weighted by molar-refractivity contribution is -0.285. The molecule has 5 N–H and O–H groups in total. The average molecular weight is 270 g/mol. The zero-order valence-electron chi connectivity index (χ0n) is 10.2. The summed E-state index contributed by atoms with van der Waals surface area (Å²) in [5, 5.41) is 48.1. The Morgan fingerprint density at radius 2 is 1.58 bits per heavy atom. The standard InChI is InChI=1S/C13H18O6/c14-8(7-4-2-1-3-5-7)6-9-10(15)11(16)12(17)13(18)19-9/h1-5,8-18H,6H2/t8?,9-,10-,11-,12+,13+/m1/s1. The summed E-state index contributed by atoms with van der Waals surface area (Å²) in [5.74, 6) is 0. The van der Waals surface area contributed by atoms with Gasteiger partial charge in [-0.25, -0.2) is 0 Å². The molecule has 0 radical (unpaired) electrons. The maximum atomic E-state index is 10.0. The van der Waals surface area contributed by atoms with Gasteiger partial charge in [0.05, 0.1) is 12.2 Å². The minimum absolute atomic E-state index is 0.00597. The lowest BCUT2D eigenvalue weighted by atomic mass is 9.93. The quantitative estimate of drug-likeness (QED) is 0.477. The molecule has 19 heavy (non-hydrogen) atoms. The first kappa shape index (κ1) is 14.4. The van der Waals surface area contributed by atoms with Crippen molar-refractivity contribution in [3.05, 3.63) is 35.9 Å². The van der Waals surface area contributed by atoms with E-state index in [4.69, 9.17) is 4.74 Å². The fourth-order valence-corrected chi connectivity index (χ4v) is 2.16. The number of rotatable bonds is 3. The minimum Gasteiger partial charge on any atom is -0.388 e. The third-order valence-corrected chi connectivity index (χ3v) is 3.33. The highest BCUT2D eigenvalue weighted by atomic mass is 16.6. The molecule has 1 aromatic carbocycles. The number of benzene rings is 1. The van der Waals surface area contributed by atoms with Crippen molar-refractivity contribution in [1.82, 2.24) is 0 Å². The number of hydrogen-bond donors (Lipinski definition) is 5. The summed E-state index contributed by atoms with van der Waals surface area (Å²) in [7, 11) is 0. The van der Waals surface area contributed by atoms with Crippen molar-refractivity contribution >= 4 is 0 Å². The first-order valence-electron chi connectivity index (χ1n) is 6.11. The summed E-state index contributed by atoms with van der Waals surface area (Å²) in [5.41, 5.74) is 0.647. The first-order valence-corrected chi connectivity index (χ1v) is 6.11. The van der Waals surface area contributed by atoms with Gasteiger partial charge in [-0.2, -0.15) is 0 Å². The van der Waals surface area contributed by atoms with Crippen LogP contribution in [0.3, 0.4) is 0 Å². The molecular weight excluding hydrogens is 252 g/mol. The highest BCUT2D eigenvalue weighted by molar-refractivity contribution is 5.17. The Bertz CT molecular complexity index is 397. The molecule has 6 heteroatoms. The molecule has 0 aromatic heterocycles. The van der Waals surface area contributed by atoms with Gasteiger partial charge in [-0.1, -0.05) is 30.3 Å². The summed E-state index contributed by atoms with van der Waals surface area (Å²) in [6.45, 7) is 0. The van der Waals surface area contributed by atoms with Crippen LogP contribution in [0.15, 0.2) is 30.3 Å². The van der Waals surface area contributed by atoms with Crippen molar-refractivity contribution in [1.29, 1.82) is 0 Å². The van der Waals surface area contributed by atoms with Crippen LogP contribution >= 0.6 is 0 Å². The largest absolute Gasteiger partial charge is 0.388 e. The van der Waals surface area contributed by atoms with Crippen LogP contribution in [0.1, 0.15) is 18.1 Å². The van der Waals surface area contributed by atoms with E-state index < -0.39 is 36.8 Å². The monoisotopic (exact) mass is 270 g/mol. The third-order valence-electron chi connectivity index (χ3n) is 3.33. The van der Waals surface area contributed by atoms with Crippen molar-refractivity contribution in [3.63, 3.8) is 0 Å². The highest BCUT2D eigenvalue weighted by Crippen LogP contribution is 2.27. The van der Waals surface area contributed by atoms with Gasteiger partial charge in [-0.15, -0.1) is 0 Å². The van der Waals surface area contributed by atoms with Gasteiger partial charge in [0.15, 0.2) is 6.29 Å². The van der Waals surface area contributed by atoms with Crippen LogP contribution in [0, 0.1) is 0 Å². The lowest BCUT2D eigenvalue weighted by Crippen LogP contribution is -2.57. The molecular formula is C13H18O6. The molecule has 0 bridgehead atoms. The Balaban J connectivity index is 2.02. The van der Waals surface area contributed by atoms with E-state index in [9.17, 15) is 25.5 Å². The molecule has 106 valence electrons. The first-order chi connectivity index (χ1) is 9.00. The Hall–Kier alpha value is -1.02. The van der Waals surface area contributed by atoms with E-state index in [0.29, 0.717) is 5.56 Å². The van der Waals surface area contributed by atoms with Gasteiger partial charge in [-0.3, -0.25) is 0 Å². The molecule has 1 aromatic rings. The Morgan fingerprint density at radius 3 is 2.21 bits per heavy atom. The van der Waals surface area contributed by atoms with Gasteiger partial charge in [0.1, 0.15) is 18.3 Å². The van der Waals surface area contributed by atoms with Crippen LogP contribution in [-0.4, -0.2) is 56.2 Å². The van der Waals surface area contributed by atoms with Crippen LogP contribution in [-0.2, 0) is 4.74 Å². The van der Waals surface area contributed by atoms with Crippen molar-refractivity contribution in [2.24, 2.45) is 0 Å². The van der Waals surface area contributed by atoms with Gasteiger partial charge in [0.2, 0.25) is 0 Å². The lowest BCUT2D eigenvalue weighted by Gasteiger charge is -2.39. The molecule has 6 nitrogen and oxygen atoms in total. The van der Waals surface area contributed by atoms with Crippen molar-refractivity contribution in [3.8, 4) is 0 Å². The van der Waals surface area contributed by atoms with E-state index in [0.717, 1.165) is 0 Å². The van der Waals surface area contributed by atoms with Crippen molar-refractivity contribution in [2.45, 2.75) is 43.2 Å². The summed E-state index contributed by atoms with van der Waals surface area (Å²) < 4.78 is 5.01. The van der Waals surface area contributed by atoms with Crippen LogP contribution in [0.2, 0.25) is 0 Å². The second kappa shape index (κ2) is 5.96. The molecule has 0 aliphatic carbocycles.